The number of aromatic amines is 1. The fourth-order valence-electron chi connectivity index (χ4n) is 2.98. The SMILES string of the molecule is CCc1ccc(Nc2cc(-c3ccc(-c4ccc(O)cc4O)cc3)[nH]n2)cn1. The number of aromatic nitrogens is 3. The molecule has 0 bridgehead atoms. The number of benzene rings is 2. The Labute approximate surface area is 162 Å². The average molecular weight is 372 g/mol. The molecule has 2 aromatic heterocycles. The van der Waals surface area contributed by atoms with Crippen LogP contribution in [-0.4, -0.2) is 25.4 Å². The molecule has 0 amide bonds. The Morgan fingerprint density at radius 3 is 2.39 bits per heavy atom. The molecule has 0 fully saturated rings. The first-order chi connectivity index (χ1) is 13.6. The van der Waals surface area contributed by atoms with Crippen molar-refractivity contribution >= 4 is 11.5 Å². The van der Waals surface area contributed by atoms with E-state index in [4.69, 9.17) is 0 Å². The molecule has 2 heterocycles. The van der Waals surface area contributed by atoms with Crippen LogP contribution in [0.4, 0.5) is 11.5 Å². The summed E-state index contributed by atoms with van der Waals surface area (Å²) in [6, 6.07) is 18.2. The Bertz CT molecular complexity index is 1090. The van der Waals surface area contributed by atoms with E-state index in [9.17, 15) is 10.2 Å². The molecule has 0 aliphatic carbocycles. The molecule has 0 aliphatic rings. The summed E-state index contributed by atoms with van der Waals surface area (Å²) >= 11 is 0. The summed E-state index contributed by atoms with van der Waals surface area (Å²) in [6.45, 7) is 2.07. The van der Waals surface area contributed by atoms with Gasteiger partial charge in [-0.15, -0.1) is 0 Å². The summed E-state index contributed by atoms with van der Waals surface area (Å²) in [6.07, 6.45) is 2.71. The van der Waals surface area contributed by atoms with Gasteiger partial charge in [-0.2, -0.15) is 5.10 Å². The highest BCUT2D eigenvalue weighted by atomic mass is 16.3. The zero-order valence-electron chi connectivity index (χ0n) is 15.3. The van der Waals surface area contributed by atoms with E-state index in [1.807, 2.05) is 42.5 Å². The quantitative estimate of drug-likeness (QED) is 0.401. The van der Waals surface area contributed by atoms with Crippen LogP contribution in [0.5, 0.6) is 11.5 Å². The highest BCUT2D eigenvalue weighted by molar-refractivity contribution is 5.74. The van der Waals surface area contributed by atoms with Crippen LogP contribution in [0.15, 0.2) is 66.9 Å². The Hall–Kier alpha value is -3.80. The van der Waals surface area contributed by atoms with Gasteiger partial charge in [-0.05, 0) is 41.8 Å². The van der Waals surface area contributed by atoms with Gasteiger partial charge in [0.1, 0.15) is 11.5 Å². The molecular formula is C22H20N4O2. The van der Waals surface area contributed by atoms with Gasteiger partial charge >= 0.3 is 0 Å². The minimum absolute atomic E-state index is 0.0369. The van der Waals surface area contributed by atoms with E-state index in [1.165, 1.54) is 6.07 Å². The van der Waals surface area contributed by atoms with Crippen molar-refractivity contribution in [2.45, 2.75) is 13.3 Å². The molecule has 140 valence electrons. The normalized spacial score (nSPS) is 10.8. The summed E-state index contributed by atoms with van der Waals surface area (Å²) in [4.78, 5) is 4.37. The van der Waals surface area contributed by atoms with E-state index >= 15 is 0 Å². The highest BCUT2D eigenvalue weighted by Gasteiger charge is 2.08. The Morgan fingerprint density at radius 1 is 0.929 bits per heavy atom. The number of phenolic OH excluding ortho intramolecular Hbond substituents is 2. The molecule has 0 spiro atoms. The number of phenols is 2. The van der Waals surface area contributed by atoms with Crippen LogP contribution in [-0.2, 0) is 6.42 Å². The molecule has 4 N–H and O–H groups in total. The van der Waals surface area contributed by atoms with Crippen LogP contribution in [0.1, 0.15) is 12.6 Å². The maximum Gasteiger partial charge on any atom is 0.152 e. The second kappa shape index (κ2) is 7.44. The van der Waals surface area contributed by atoms with E-state index in [-0.39, 0.29) is 11.5 Å². The fourth-order valence-corrected chi connectivity index (χ4v) is 2.98. The van der Waals surface area contributed by atoms with E-state index < -0.39 is 0 Å². The number of rotatable bonds is 5. The third kappa shape index (κ3) is 3.66. The standard InChI is InChI=1S/C22H20N4O2/c1-2-16-7-8-17(13-23-16)24-22-12-20(25-26-22)15-5-3-14(4-6-15)19-10-9-18(27)11-21(19)28/h3-13,27-28H,2H2,1H3,(H2,24,25,26). The number of aromatic hydroxyl groups is 2. The molecule has 6 heteroatoms. The largest absolute Gasteiger partial charge is 0.508 e. The van der Waals surface area contributed by atoms with Crippen molar-refractivity contribution in [3.05, 3.63) is 72.6 Å². The van der Waals surface area contributed by atoms with Crippen LogP contribution in [0.3, 0.4) is 0 Å². The lowest BCUT2D eigenvalue weighted by atomic mass is 10.0. The fraction of sp³-hybridized carbons (Fsp3) is 0.0909. The summed E-state index contributed by atoms with van der Waals surface area (Å²) in [5.41, 5.74) is 5.31. The Morgan fingerprint density at radius 2 is 1.71 bits per heavy atom. The number of nitrogens with one attached hydrogen (secondary N) is 2. The maximum atomic E-state index is 10.0. The van der Waals surface area contributed by atoms with Gasteiger partial charge in [-0.1, -0.05) is 31.2 Å². The number of H-pyrrole nitrogens is 1. The topological polar surface area (TPSA) is 94.1 Å². The molecule has 0 saturated heterocycles. The van der Waals surface area contributed by atoms with Gasteiger partial charge in [0, 0.05) is 23.4 Å². The first-order valence-corrected chi connectivity index (χ1v) is 9.02. The number of hydrogen-bond acceptors (Lipinski definition) is 5. The van der Waals surface area contributed by atoms with E-state index in [0.717, 1.165) is 34.6 Å². The van der Waals surface area contributed by atoms with Gasteiger partial charge < -0.3 is 15.5 Å². The van der Waals surface area contributed by atoms with Crippen molar-refractivity contribution < 1.29 is 10.2 Å². The van der Waals surface area contributed by atoms with Crippen LogP contribution < -0.4 is 5.32 Å². The van der Waals surface area contributed by atoms with Crippen molar-refractivity contribution in [3.8, 4) is 33.9 Å². The first-order valence-electron chi connectivity index (χ1n) is 9.02. The maximum absolute atomic E-state index is 10.0. The van der Waals surface area contributed by atoms with Crippen LogP contribution in [0.25, 0.3) is 22.4 Å². The summed E-state index contributed by atoms with van der Waals surface area (Å²) < 4.78 is 0. The lowest BCUT2D eigenvalue weighted by molar-refractivity contribution is 0.452. The smallest absolute Gasteiger partial charge is 0.152 e. The summed E-state index contributed by atoms with van der Waals surface area (Å²) in [7, 11) is 0. The molecule has 4 rings (SSSR count). The highest BCUT2D eigenvalue weighted by Crippen LogP contribution is 2.33. The molecule has 0 unspecified atom stereocenters. The minimum Gasteiger partial charge on any atom is -0.508 e. The van der Waals surface area contributed by atoms with Gasteiger partial charge in [0.05, 0.1) is 17.6 Å². The molecule has 0 atom stereocenters. The molecule has 0 aliphatic heterocycles. The molecule has 2 aromatic carbocycles. The van der Waals surface area contributed by atoms with Crippen molar-refractivity contribution in [1.29, 1.82) is 0 Å². The molecule has 28 heavy (non-hydrogen) atoms. The minimum atomic E-state index is 0.0369. The van der Waals surface area contributed by atoms with Gasteiger partial charge in [-0.25, -0.2) is 0 Å². The van der Waals surface area contributed by atoms with Crippen LogP contribution in [0, 0.1) is 0 Å². The Kier molecular flexibility index (Phi) is 4.68. The second-order valence-corrected chi connectivity index (χ2v) is 6.46. The third-order valence-corrected chi connectivity index (χ3v) is 4.53. The van der Waals surface area contributed by atoms with Gasteiger partial charge in [0.25, 0.3) is 0 Å². The van der Waals surface area contributed by atoms with Gasteiger partial charge in [0.2, 0.25) is 0 Å². The van der Waals surface area contributed by atoms with Crippen molar-refractivity contribution in [2.75, 3.05) is 5.32 Å². The Balaban J connectivity index is 1.51. The lowest BCUT2D eigenvalue weighted by Crippen LogP contribution is -1.93. The number of hydrogen-bond donors (Lipinski definition) is 4. The monoisotopic (exact) mass is 372 g/mol. The third-order valence-electron chi connectivity index (χ3n) is 4.53. The van der Waals surface area contributed by atoms with Gasteiger partial charge in [-0.3, -0.25) is 10.1 Å². The number of anilines is 2. The molecular weight excluding hydrogens is 352 g/mol. The van der Waals surface area contributed by atoms with Crippen molar-refractivity contribution in [3.63, 3.8) is 0 Å². The van der Waals surface area contributed by atoms with Gasteiger partial charge in [0.15, 0.2) is 5.82 Å². The van der Waals surface area contributed by atoms with E-state index in [1.54, 1.807) is 18.3 Å². The predicted octanol–water partition coefficient (Wildman–Crippen LogP) is 4.86. The molecule has 4 aromatic rings. The summed E-state index contributed by atoms with van der Waals surface area (Å²) in [5.74, 6) is 0.791. The number of aryl methyl sites for hydroxylation is 1. The van der Waals surface area contributed by atoms with Crippen molar-refractivity contribution in [1.82, 2.24) is 15.2 Å². The average Bonchev–Trinajstić information content (AvgIpc) is 3.17. The van der Waals surface area contributed by atoms with Crippen LogP contribution >= 0.6 is 0 Å². The number of nitrogens with zero attached hydrogens (tertiary/aromatic N) is 2. The van der Waals surface area contributed by atoms with E-state index in [0.29, 0.717) is 11.4 Å². The zero-order chi connectivity index (χ0) is 19.5. The van der Waals surface area contributed by atoms with Crippen molar-refractivity contribution in [2.24, 2.45) is 0 Å². The molecule has 0 radical (unpaired) electrons. The lowest BCUT2D eigenvalue weighted by Gasteiger charge is -2.06. The zero-order valence-corrected chi connectivity index (χ0v) is 15.3. The summed E-state index contributed by atoms with van der Waals surface area (Å²) in [5, 5.41) is 30.0. The molecule has 6 nitrogen and oxygen atoms in total. The molecule has 0 saturated carbocycles. The number of pyridine rings is 1. The van der Waals surface area contributed by atoms with E-state index in [2.05, 4.69) is 27.4 Å². The first kappa shape index (κ1) is 17.6. The second-order valence-electron chi connectivity index (χ2n) is 6.46. The van der Waals surface area contributed by atoms with Crippen LogP contribution in [0.2, 0.25) is 0 Å². The predicted molar refractivity (Wildman–Crippen MR) is 110 cm³/mol.